The minimum absolute atomic E-state index is 0.0270. The van der Waals surface area contributed by atoms with Gasteiger partial charge >= 0.3 is 0 Å². The molecule has 1 aromatic rings. The van der Waals surface area contributed by atoms with E-state index in [4.69, 9.17) is 5.11 Å². The molecule has 0 unspecified atom stereocenters. The first-order valence-corrected chi connectivity index (χ1v) is 6.22. The zero-order valence-electron chi connectivity index (χ0n) is 8.90. The summed E-state index contributed by atoms with van der Waals surface area (Å²) in [5.41, 5.74) is 0.725. The van der Waals surface area contributed by atoms with Gasteiger partial charge in [-0.05, 0) is 31.3 Å². The molecule has 16 heavy (non-hydrogen) atoms. The number of aliphatic hydroxyl groups excluding tert-OH is 1. The lowest BCUT2D eigenvalue weighted by Crippen LogP contribution is -2.18. The van der Waals surface area contributed by atoms with Crippen molar-refractivity contribution in [3.63, 3.8) is 0 Å². The van der Waals surface area contributed by atoms with Crippen molar-refractivity contribution < 1.29 is 13.5 Å². The van der Waals surface area contributed by atoms with E-state index in [9.17, 15) is 8.42 Å². The summed E-state index contributed by atoms with van der Waals surface area (Å²) in [6.07, 6.45) is 0.413. The Morgan fingerprint density at radius 2 is 1.94 bits per heavy atom. The lowest BCUT2D eigenvalue weighted by atomic mass is 10.2. The number of aliphatic hydroxyl groups is 1. The van der Waals surface area contributed by atoms with Crippen molar-refractivity contribution in [1.29, 1.82) is 0 Å². The summed E-state index contributed by atoms with van der Waals surface area (Å²) < 4.78 is 25.0. The van der Waals surface area contributed by atoms with E-state index in [0.29, 0.717) is 6.42 Å². The Morgan fingerprint density at radius 1 is 1.31 bits per heavy atom. The predicted octanol–water partition coefficient (Wildman–Crippen LogP) is 0.329. The molecule has 0 amide bonds. The van der Waals surface area contributed by atoms with Crippen molar-refractivity contribution >= 4 is 10.0 Å². The summed E-state index contributed by atoms with van der Waals surface area (Å²) in [5, 5.41) is 8.54. The van der Waals surface area contributed by atoms with Crippen molar-refractivity contribution in [2.45, 2.75) is 11.3 Å². The molecule has 0 bridgehead atoms. The molecule has 5 heteroatoms. The minimum atomic E-state index is -3.38. The molecule has 0 aliphatic heterocycles. The van der Waals surface area contributed by atoms with E-state index < -0.39 is 10.0 Å². The van der Waals surface area contributed by atoms with Crippen LogP contribution in [-0.2, 0) is 10.0 Å². The molecule has 0 aliphatic rings. The van der Waals surface area contributed by atoms with Gasteiger partial charge in [0.05, 0.1) is 11.5 Å². The van der Waals surface area contributed by atoms with Crippen LogP contribution in [0.25, 0.3) is 0 Å². The summed E-state index contributed by atoms with van der Waals surface area (Å²) in [6, 6.07) is 6.26. The summed E-state index contributed by atoms with van der Waals surface area (Å²) >= 11 is 0. The van der Waals surface area contributed by atoms with Crippen LogP contribution in [0.5, 0.6) is 0 Å². The minimum Gasteiger partial charge on any atom is -0.395 e. The number of rotatable bonds is 3. The largest absolute Gasteiger partial charge is 0.395 e. The quantitative estimate of drug-likeness (QED) is 0.747. The normalized spacial score (nSPS) is 10.6. The SMILES string of the molecule is CNS(=O)(=O)c1ccc(C#CCCO)cc1. The van der Waals surface area contributed by atoms with E-state index in [0.717, 1.165) is 5.56 Å². The monoisotopic (exact) mass is 239 g/mol. The summed E-state index contributed by atoms with van der Waals surface area (Å²) in [6.45, 7) is 0.0270. The van der Waals surface area contributed by atoms with Crippen LogP contribution in [0.2, 0.25) is 0 Å². The topological polar surface area (TPSA) is 66.4 Å². The van der Waals surface area contributed by atoms with Gasteiger partial charge in [-0.1, -0.05) is 11.8 Å². The Labute approximate surface area is 95.4 Å². The fraction of sp³-hybridized carbons (Fsp3) is 0.273. The highest BCUT2D eigenvalue weighted by Crippen LogP contribution is 2.09. The van der Waals surface area contributed by atoms with Gasteiger partial charge in [0, 0.05) is 12.0 Å². The van der Waals surface area contributed by atoms with Gasteiger partial charge in [0.2, 0.25) is 10.0 Å². The van der Waals surface area contributed by atoms with Crippen LogP contribution >= 0.6 is 0 Å². The Kier molecular flexibility index (Phi) is 4.50. The third-order valence-electron chi connectivity index (χ3n) is 1.90. The molecule has 0 aliphatic carbocycles. The Bertz CT molecular complexity index is 494. The second-order valence-electron chi connectivity index (χ2n) is 3.01. The maximum Gasteiger partial charge on any atom is 0.240 e. The van der Waals surface area contributed by atoms with Gasteiger partial charge < -0.3 is 5.11 Å². The lowest BCUT2D eigenvalue weighted by Gasteiger charge is -2.01. The van der Waals surface area contributed by atoms with Crippen LogP contribution in [0.1, 0.15) is 12.0 Å². The molecule has 0 fully saturated rings. The molecule has 0 atom stereocenters. The molecule has 0 spiro atoms. The number of hydrogen-bond acceptors (Lipinski definition) is 3. The van der Waals surface area contributed by atoms with Crippen molar-refractivity contribution in [2.75, 3.05) is 13.7 Å². The first-order chi connectivity index (χ1) is 7.60. The highest BCUT2D eigenvalue weighted by molar-refractivity contribution is 7.89. The smallest absolute Gasteiger partial charge is 0.240 e. The maximum absolute atomic E-state index is 11.4. The summed E-state index contributed by atoms with van der Waals surface area (Å²) in [7, 11) is -2.01. The molecule has 86 valence electrons. The number of hydrogen-bond donors (Lipinski definition) is 2. The van der Waals surface area contributed by atoms with E-state index in [1.54, 1.807) is 12.1 Å². The zero-order valence-corrected chi connectivity index (χ0v) is 9.71. The third kappa shape index (κ3) is 3.35. The van der Waals surface area contributed by atoms with Gasteiger partial charge in [0.1, 0.15) is 0 Å². The molecule has 4 nitrogen and oxygen atoms in total. The van der Waals surface area contributed by atoms with E-state index in [1.807, 2.05) is 0 Å². The molecule has 1 aromatic carbocycles. The van der Waals surface area contributed by atoms with Gasteiger partial charge in [-0.15, -0.1) is 0 Å². The average molecular weight is 239 g/mol. The van der Waals surface area contributed by atoms with Crippen LogP contribution in [0.4, 0.5) is 0 Å². The zero-order chi connectivity index (χ0) is 12.0. The van der Waals surface area contributed by atoms with Crippen LogP contribution in [-0.4, -0.2) is 27.2 Å². The molecular weight excluding hydrogens is 226 g/mol. The molecule has 0 heterocycles. The first kappa shape index (κ1) is 12.7. The predicted molar refractivity (Wildman–Crippen MR) is 61.3 cm³/mol. The van der Waals surface area contributed by atoms with Crippen LogP contribution < -0.4 is 4.72 Å². The molecule has 2 N–H and O–H groups in total. The van der Waals surface area contributed by atoms with Gasteiger partial charge in [-0.3, -0.25) is 0 Å². The van der Waals surface area contributed by atoms with Crippen molar-refractivity contribution in [1.82, 2.24) is 4.72 Å². The number of benzene rings is 1. The molecule has 0 saturated carbocycles. The average Bonchev–Trinajstić information content (AvgIpc) is 2.30. The fourth-order valence-corrected chi connectivity index (χ4v) is 1.79. The van der Waals surface area contributed by atoms with Crippen molar-refractivity contribution in [3.05, 3.63) is 29.8 Å². The third-order valence-corrected chi connectivity index (χ3v) is 3.33. The first-order valence-electron chi connectivity index (χ1n) is 4.73. The fourth-order valence-electron chi connectivity index (χ4n) is 1.06. The maximum atomic E-state index is 11.4. The van der Waals surface area contributed by atoms with E-state index in [2.05, 4.69) is 16.6 Å². The Hall–Kier alpha value is -1.35. The standard InChI is InChI=1S/C11H13NO3S/c1-12-16(14,15)11-7-5-10(6-8-11)4-2-3-9-13/h5-8,12-13H,3,9H2,1H3. The van der Waals surface area contributed by atoms with Gasteiger partial charge in [0.15, 0.2) is 0 Å². The van der Waals surface area contributed by atoms with E-state index in [1.165, 1.54) is 19.2 Å². The van der Waals surface area contributed by atoms with Crippen LogP contribution in [0.3, 0.4) is 0 Å². The molecule has 0 aromatic heterocycles. The molecular formula is C11H13NO3S. The Balaban J connectivity index is 2.89. The summed E-state index contributed by atoms with van der Waals surface area (Å²) in [5.74, 6) is 5.58. The second kappa shape index (κ2) is 5.66. The lowest BCUT2D eigenvalue weighted by molar-refractivity contribution is 0.305. The van der Waals surface area contributed by atoms with Crippen LogP contribution in [0, 0.1) is 11.8 Å². The Morgan fingerprint density at radius 3 is 2.44 bits per heavy atom. The van der Waals surface area contributed by atoms with Crippen molar-refractivity contribution in [3.8, 4) is 11.8 Å². The second-order valence-corrected chi connectivity index (χ2v) is 4.89. The molecule has 0 saturated heterocycles. The molecule has 1 rings (SSSR count). The van der Waals surface area contributed by atoms with Gasteiger partial charge in [0.25, 0.3) is 0 Å². The number of nitrogens with one attached hydrogen (secondary N) is 1. The molecule has 0 radical (unpaired) electrons. The van der Waals surface area contributed by atoms with Crippen molar-refractivity contribution in [2.24, 2.45) is 0 Å². The van der Waals surface area contributed by atoms with Crippen LogP contribution in [0.15, 0.2) is 29.2 Å². The highest BCUT2D eigenvalue weighted by Gasteiger charge is 2.09. The highest BCUT2D eigenvalue weighted by atomic mass is 32.2. The van der Waals surface area contributed by atoms with Gasteiger partial charge in [-0.25, -0.2) is 13.1 Å². The van der Waals surface area contributed by atoms with Gasteiger partial charge in [-0.2, -0.15) is 0 Å². The summed E-state index contributed by atoms with van der Waals surface area (Å²) in [4.78, 5) is 0.211. The number of sulfonamides is 1. The van der Waals surface area contributed by atoms with E-state index in [-0.39, 0.29) is 11.5 Å². The van der Waals surface area contributed by atoms with E-state index >= 15 is 0 Å².